The average molecular weight is 292 g/mol. The monoisotopic (exact) mass is 291 g/mol. The van der Waals surface area contributed by atoms with Crippen molar-refractivity contribution in [2.75, 3.05) is 13.2 Å². The van der Waals surface area contributed by atoms with Crippen LogP contribution in [0.4, 0.5) is 0 Å². The average Bonchev–Trinajstić information content (AvgIpc) is 2.48. The Morgan fingerprint density at radius 2 is 1.75 bits per heavy atom. The van der Waals surface area contributed by atoms with Gasteiger partial charge < -0.3 is 15.2 Å². The Morgan fingerprint density at radius 1 is 0.950 bits per heavy atom. The highest BCUT2D eigenvalue weighted by Crippen LogP contribution is 2.13. The summed E-state index contributed by atoms with van der Waals surface area (Å²) in [7, 11) is 0. The van der Waals surface area contributed by atoms with Gasteiger partial charge in [0, 0.05) is 11.6 Å². The van der Waals surface area contributed by atoms with Gasteiger partial charge in [0.1, 0.15) is 12.4 Å². The van der Waals surface area contributed by atoms with Gasteiger partial charge in [-0.05, 0) is 35.4 Å². The van der Waals surface area contributed by atoms with Gasteiger partial charge in [-0.15, -0.1) is 0 Å². The minimum atomic E-state index is 0.516. The van der Waals surface area contributed by atoms with E-state index in [0.29, 0.717) is 26.4 Å². The molecule has 0 radical (unpaired) electrons. The molecule has 4 heteroatoms. The first-order valence-electron chi connectivity index (χ1n) is 6.52. The van der Waals surface area contributed by atoms with Crippen LogP contribution in [0.5, 0.6) is 5.75 Å². The molecule has 0 bridgehead atoms. The Hall–Kier alpha value is -1.55. The first-order valence-corrected chi connectivity index (χ1v) is 6.90. The lowest BCUT2D eigenvalue weighted by Crippen LogP contribution is -2.06. The molecule has 0 heterocycles. The summed E-state index contributed by atoms with van der Waals surface area (Å²) in [6.07, 6.45) is 0. The van der Waals surface area contributed by atoms with E-state index in [-0.39, 0.29) is 0 Å². The largest absolute Gasteiger partial charge is 0.491 e. The van der Waals surface area contributed by atoms with Crippen molar-refractivity contribution in [2.24, 2.45) is 5.73 Å². The maximum atomic E-state index is 5.90. The van der Waals surface area contributed by atoms with E-state index in [0.717, 1.165) is 21.9 Å². The molecule has 0 spiro atoms. The molecule has 0 unspecified atom stereocenters. The highest BCUT2D eigenvalue weighted by Gasteiger charge is 1.97. The summed E-state index contributed by atoms with van der Waals surface area (Å²) >= 11 is 5.90. The standard InChI is InChI=1S/C16H18ClNO2/c17-15-3-1-2-14(10-15)12-19-8-9-20-16-6-4-13(11-18)5-7-16/h1-7,10H,8-9,11-12,18H2. The first kappa shape index (κ1) is 14.9. The summed E-state index contributed by atoms with van der Waals surface area (Å²) < 4.78 is 11.1. The maximum Gasteiger partial charge on any atom is 0.119 e. The van der Waals surface area contributed by atoms with Gasteiger partial charge in [-0.25, -0.2) is 0 Å². The zero-order valence-electron chi connectivity index (χ0n) is 11.2. The highest BCUT2D eigenvalue weighted by molar-refractivity contribution is 6.30. The minimum Gasteiger partial charge on any atom is -0.491 e. The fourth-order valence-electron chi connectivity index (χ4n) is 1.76. The molecule has 0 aliphatic rings. The van der Waals surface area contributed by atoms with E-state index in [2.05, 4.69) is 0 Å². The normalized spacial score (nSPS) is 10.5. The smallest absolute Gasteiger partial charge is 0.119 e. The second kappa shape index (κ2) is 7.90. The summed E-state index contributed by atoms with van der Waals surface area (Å²) in [6.45, 7) is 2.13. The molecule has 106 valence electrons. The summed E-state index contributed by atoms with van der Waals surface area (Å²) in [6, 6.07) is 15.4. The Balaban J connectivity index is 1.66. The zero-order valence-corrected chi connectivity index (χ0v) is 12.0. The second-order valence-corrected chi connectivity index (χ2v) is 4.82. The maximum absolute atomic E-state index is 5.90. The first-order chi connectivity index (χ1) is 9.78. The third kappa shape index (κ3) is 4.85. The third-order valence-electron chi connectivity index (χ3n) is 2.81. The lowest BCUT2D eigenvalue weighted by molar-refractivity contribution is 0.0889. The predicted molar refractivity (Wildman–Crippen MR) is 80.9 cm³/mol. The number of rotatable bonds is 7. The zero-order chi connectivity index (χ0) is 14.2. The van der Waals surface area contributed by atoms with E-state index in [1.807, 2.05) is 48.5 Å². The summed E-state index contributed by atoms with van der Waals surface area (Å²) in [5, 5.41) is 0.724. The van der Waals surface area contributed by atoms with Crippen LogP contribution in [0, 0.1) is 0 Å². The van der Waals surface area contributed by atoms with Crippen LogP contribution in [-0.4, -0.2) is 13.2 Å². The molecular formula is C16H18ClNO2. The number of hydrogen-bond donors (Lipinski definition) is 1. The summed E-state index contributed by atoms with van der Waals surface area (Å²) in [5.74, 6) is 0.827. The SMILES string of the molecule is NCc1ccc(OCCOCc2cccc(Cl)c2)cc1. The van der Waals surface area contributed by atoms with Crippen molar-refractivity contribution in [3.05, 3.63) is 64.7 Å². The Morgan fingerprint density at radius 3 is 2.45 bits per heavy atom. The molecule has 2 aromatic carbocycles. The lowest BCUT2D eigenvalue weighted by atomic mass is 10.2. The van der Waals surface area contributed by atoms with Crippen molar-refractivity contribution >= 4 is 11.6 Å². The van der Waals surface area contributed by atoms with Gasteiger partial charge in [-0.3, -0.25) is 0 Å². The molecule has 0 saturated carbocycles. The molecule has 0 amide bonds. The predicted octanol–water partition coefficient (Wildman–Crippen LogP) is 3.39. The van der Waals surface area contributed by atoms with Crippen LogP contribution in [0.15, 0.2) is 48.5 Å². The summed E-state index contributed by atoms with van der Waals surface area (Å²) in [4.78, 5) is 0. The van der Waals surface area contributed by atoms with Gasteiger partial charge in [0.05, 0.1) is 13.2 Å². The van der Waals surface area contributed by atoms with Crippen LogP contribution >= 0.6 is 11.6 Å². The van der Waals surface area contributed by atoms with Crippen molar-refractivity contribution in [2.45, 2.75) is 13.2 Å². The van der Waals surface area contributed by atoms with Gasteiger partial charge in [0.25, 0.3) is 0 Å². The fourth-order valence-corrected chi connectivity index (χ4v) is 1.97. The number of halogens is 1. The molecule has 20 heavy (non-hydrogen) atoms. The number of ether oxygens (including phenoxy) is 2. The fraction of sp³-hybridized carbons (Fsp3) is 0.250. The van der Waals surface area contributed by atoms with Crippen molar-refractivity contribution < 1.29 is 9.47 Å². The lowest BCUT2D eigenvalue weighted by Gasteiger charge is -2.08. The quantitative estimate of drug-likeness (QED) is 0.795. The van der Waals surface area contributed by atoms with Crippen molar-refractivity contribution in [3.8, 4) is 5.75 Å². The molecule has 2 N–H and O–H groups in total. The Bertz CT molecular complexity index is 528. The number of benzene rings is 2. The van der Waals surface area contributed by atoms with Crippen LogP contribution < -0.4 is 10.5 Å². The van der Waals surface area contributed by atoms with Gasteiger partial charge in [0.15, 0.2) is 0 Å². The van der Waals surface area contributed by atoms with Crippen LogP contribution in [-0.2, 0) is 17.9 Å². The molecule has 0 aliphatic heterocycles. The second-order valence-electron chi connectivity index (χ2n) is 4.38. The van der Waals surface area contributed by atoms with E-state index in [4.69, 9.17) is 26.8 Å². The van der Waals surface area contributed by atoms with Crippen molar-refractivity contribution in [1.82, 2.24) is 0 Å². The molecule has 0 fully saturated rings. The van der Waals surface area contributed by atoms with Crippen LogP contribution in [0.3, 0.4) is 0 Å². The van der Waals surface area contributed by atoms with E-state index in [9.17, 15) is 0 Å². The van der Waals surface area contributed by atoms with Gasteiger partial charge >= 0.3 is 0 Å². The Labute approximate surface area is 124 Å². The van der Waals surface area contributed by atoms with Crippen LogP contribution in [0.1, 0.15) is 11.1 Å². The van der Waals surface area contributed by atoms with E-state index >= 15 is 0 Å². The highest BCUT2D eigenvalue weighted by atomic mass is 35.5. The van der Waals surface area contributed by atoms with E-state index < -0.39 is 0 Å². The molecular weight excluding hydrogens is 274 g/mol. The third-order valence-corrected chi connectivity index (χ3v) is 3.05. The molecule has 0 saturated heterocycles. The van der Waals surface area contributed by atoms with Gasteiger partial charge in [-0.1, -0.05) is 35.9 Å². The molecule has 3 nitrogen and oxygen atoms in total. The van der Waals surface area contributed by atoms with Crippen LogP contribution in [0.25, 0.3) is 0 Å². The molecule has 2 aromatic rings. The number of nitrogens with two attached hydrogens (primary N) is 1. The Kier molecular flexibility index (Phi) is 5.87. The molecule has 2 rings (SSSR count). The van der Waals surface area contributed by atoms with Crippen LogP contribution in [0.2, 0.25) is 5.02 Å². The van der Waals surface area contributed by atoms with Gasteiger partial charge in [-0.2, -0.15) is 0 Å². The van der Waals surface area contributed by atoms with E-state index in [1.54, 1.807) is 0 Å². The summed E-state index contributed by atoms with van der Waals surface area (Å²) in [5.41, 5.74) is 7.69. The van der Waals surface area contributed by atoms with Crippen molar-refractivity contribution in [3.63, 3.8) is 0 Å². The molecule has 0 aromatic heterocycles. The van der Waals surface area contributed by atoms with Crippen molar-refractivity contribution in [1.29, 1.82) is 0 Å². The topological polar surface area (TPSA) is 44.5 Å². The van der Waals surface area contributed by atoms with E-state index in [1.165, 1.54) is 0 Å². The molecule has 0 atom stereocenters. The number of hydrogen-bond acceptors (Lipinski definition) is 3. The van der Waals surface area contributed by atoms with Gasteiger partial charge in [0.2, 0.25) is 0 Å². The molecule has 0 aliphatic carbocycles. The minimum absolute atomic E-state index is 0.516.